The minimum Gasteiger partial charge on any atom is -0.388 e. The van der Waals surface area contributed by atoms with Crippen molar-refractivity contribution in [3.63, 3.8) is 0 Å². The zero-order valence-corrected chi connectivity index (χ0v) is 12.6. The predicted octanol–water partition coefficient (Wildman–Crippen LogP) is 2.21. The summed E-state index contributed by atoms with van der Waals surface area (Å²) in [4.78, 5) is 22.0. The Bertz CT molecular complexity index is 503. The number of nitro benzene ring substituents is 1. The Kier molecular flexibility index (Phi) is 6.45. The van der Waals surface area contributed by atoms with Crippen molar-refractivity contribution in [3.8, 4) is 0 Å². The van der Waals surface area contributed by atoms with Gasteiger partial charge < -0.3 is 16.0 Å². The lowest BCUT2D eigenvalue weighted by atomic mass is 10.2. The number of carbonyl (C=O) groups is 1. The summed E-state index contributed by atoms with van der Waals surface area (Å²) in [6.07, 6.45) is 0.324. The van der Waals surface area contributed by atoms with E-state index in [4.69, 9.17) is 0 Å². The highest BCUT2D eigenvalue weighted by Crippen LogP contribution is 2.23. The zero-order chi connectivity index (χ0) is 15.8. The van der Waals surface area contributed by atoms with E-state index in [1.807, 2.05) is 13.8 Å². The van der Waals surface area contributed by atoms with Crippen LogP contribution in [-0.4, -0.2) is 31.0 Å². The molecule has 0 saturated heterocycles. The minimum absolute atomic E-state index is 0.00797. The normalized spacial score (nSPS) is 10.3. The molecule has 7 heteroatoms. The molecule has 0 aliphatic rings. The Morgan fingerprint density at radius 2 is 1.95 bits per heavy atom. The number of benzene rings is 1. The molecule has 0 saturated carbocycles. The lowest BCUT2D eigenvalue weighted by Crippen LogP contribution is -2.28. The molecule has 1 aromatic carbocycles. The van der Waals surface area contributed by atoms with Crippen molar-refractivity contribution < 1.29 is 9.72 Å². The predicted molar refractivity (Wildman–Crippen MR) is 83.6 cm³/mol. The number of amides is 1. The molecule has 1 rings (SSSR count). The molecule has 0 atom stereocenters. The minimum atomic E-state index is -0.443. The molecule has 1 aromatic rings. The third-order valence-corrected chi connectivity index (χ3v) is 2.81. The maximum Gasteiger partial charge on any atom is 0.273 e. The molecule has 0 aliphatic carbocycles. The van der Waals surface area contributed by atoms with E-state index in [2.05, 4.69) is 16.0 Å². The number of rotatable bonds is 8. The van der Waals surface area contributed by atoms with Gasteiger partial charge in [0.1, 0.15) is 0 Å². The fraction of sp³-hybridized carbons (Fsp3) is 0.500. The van der Waals surface area contributed by atoms with Gasteiger partial charge in [0, 0.05) is 50.1 Å². The number of carbonyl (C=O) groups excluding carboxylic acids is 1. The van der Waals surface area contributed by atoms with Crippen LogP contribution >= 0.6 is 0 Å². The highest BCUT2D eigenvalue weighted by atomic mass is 16.6. The van der Waals surface area contributed by atoms with Gasteiger partial charge >= 0.3 is 0 Å². The van der Waals surface area contributed by atoms with E-state index in [0.717, 1.165) is 0 Å². The van der Waals surface area contributed by atoms with Crippen LogP contribution in [0.25, 0.3) is 0 Å². The molecule has 116 valence electrons. The van der Waals surface area contributed by atoms with Crippen LogP contribution in [-0.2, 0) is 4.79 Å². The molecular weight excluding hydrogens is 272 g/mol. The summed E-state index contributed by atoms with van der Waals surface area (Å²) < 4.78 is 0. The maximum absolute atomic E-state index is 11.6. The molecular formula is C14H22N4O3. The number of hydrogen-bond donors (Lipinski definition) is 3. The number of nitro groups is 1. The van der Waals surface area contributed by atoms with E-state index in [0.29, 0.717) is 36.8 Å². The van der Waals surface area contributed by atoms with Gasteiger partial charge in [0.2, 0.25) is 5.91 Å². The fourth-order valence-electron chi connectivity index (χ4n) is 1.69. The average molecular weight is 294 g/mol. The second kappa shape index (κ2) is 8.08. The van der Waals surface area contributed by atoms with Crippen molar-refractivity contribution in [1.82, 2.24) is 5.32 Å². The van der Waals surface area contributed by atoms with Gasteiger partial charge in [-0.25, -0.2) is 0 Å². The van der Waals surface area contributed by atoms with Crippen LogP contribution in [0.15, 0.2) is 18.2 Å². The zero-order valence-electron chi connectivity index (χ0n) is 12.6. The van der Waals surface area contributed by atoms with Gasteiger partial charge in [-0.15, -0.1) is 0 Å². The first kappa shape index (κ1) is 16.7. The highest BCUT2D eigenvalue weighted by molar-refractivity contribution is 5.76. The highest BCUT2D eigenvalue weighted by Gasteiger charge is 2.09. The summed E-state index contributed by atoms with van der Waals surface area (Å²) in [7, 11) is 1.70. The van der Waals surface area contributed by atoms with Crippen molar-refractivity contribution in [2.24, 2.45) is 5.92 Å². The van der Waals surface area contributed by atoms with Crippen LogP contribution in [0.4, 0.5) is 17.1 Å². The lowest BCUT2D eigenvalue weighted by Gasteiger charge is -2.10. The first-order chi connectivity index (χ1) is 9.92. The topological polar surface area (TPSA) is 96.3 Å². The third-order valence-electron chi connectivity index (χ3n) is 2.81. The fourth-order valence-corrected chi connectivity index (χ4v) is 1.69. The molecule has 0 aliphatic heterocycles. The number of nitrogens with zero attached hydrogens (tertiary/aromatic N) is 1. The van der Waals surface area contributed by atoms with Crippen LogP contribution in [0, 0.1) is 16.0 Å². The van der Waals surface area contributed by atoms with E-state index in [1.165, 1.54) is 12.1 Å². The second-order valence-electron chi connectivity index (χ2n) is 5.15. The standard InChI is InChI=1S/C14H22N4O3/c1-10(2)9-17-14(19)4-5-16-12-6-11(15-3)7-13(8-12)18(20)21/h6-8,10,15-16H,4-5,9H2,1-3H3,(H,17,19). The van der Waals surface area contributed by atoms with E-state index in [1.54, 1.807) is 13.1 Å². The Morgan fingerprint density at radius 1 is 1.29 bits per heavy atom. The first-order valence-corrected chi connectivity index (χ1v) is 6.90. The van der Waals surface area contributed by atoms with Gasteiger partial charge in [-0.2, -0.15) is 0 Å². The third kappa shape index (κ3) is 6.11. The molecule has 0 spiro atoms. The van der Waals surface area contributed by atoms with E-state index in [-0.39, 0.29) is 11.6 Å². The molecule has 0 fully saturated rings. The molecule has 0 radical (unpaired) electrons. The largest absolute Gasteiger partial charge is 0.388 e. The van der Waals surface area contributed by atoms with Crippen molar-refractivity contribution in [3.05, 3.63) is 28.3 Å². The maximum atomic E-state index is 11.6. The van der Waals surface area contributed by atoms with Gasteiger partial charge in [0.15, 0.2) is 0 Å². The lowest BCUT2D eigenvalue weighted by molar-refractivity contribution is -0.384. The molecule has 0 unspecified atom stereocenters. The van der Waals surface area contributed by atoms with Crippen molar-refractivity contribution in [1.29, 1.82) is 0 Å². The van der Waals surface area contributed by atoms with Crippen molar-refractivity contribution in [2.75, 3.05) is 30.8 Å². The monoisotopic (exact) mass is 294 g/mol. The molecule has 0 aromatic heterocycles. The van der Waals surface area contributed by atoms with E-state index >= 15 is 0 Å². The average Bonchev–Trinajstić information content (AvgIpc) is 2.44. The van der Waals surface area contributed by atoms with Gasteiger partial charge in [-0.05, 0) is 12.0 Å². The molecule has 0 bridgehead atoms. The molecule has 3 N–H and O–H groups in total. The van der Waals surface area contributed by atoms with Crippen molar-refractivity contribution >= 4 is 23.0 Å². The van der Waals surface area contributed by atoms with Crippen LogP contribution in [0.5, 0.6) is 0 Å². The quantitative estimate of drug-likeness (QED) is 0.504. The summed E-state index contributed by atoms with van der Waals surface area (Å²) in [5.41, 5.74) is 1.27. The van der Waals surface area contributed by atoms with Crippen molar-refractivity contribution in [2.45, 2.75) is 20.3 Å². The molecule has 7 nitrogen and oxygen atoms in total. The molecule has 1 amide bonds. The Balaban J connectivity index is 2.53. The van der Waals surface area contributed by atoms with Gasteiger partial charge in [-0.1, -0.05) is 13.8 Å². The van der Waals surface area contributed by atoms with E-state index < -0.39 is 4.92 Å². The summed E-state index contributed by atoms with van der Waals surface area (Å²) in [6, 6.07) is 4.67. The molecule has 21 heavy (non-hydrogen) atoms. The number of hydrogen-bond acceptors (Lipinski definition) is 5. The van der Waals surface area contributed by atoms with Crippen LogP contribution < -0.4 is 16.0 Å². The van der Waals surface area contributed by atoms with Crippen LogP contribution in [0.3, 0.4) is 0 Å². The van der Waals surface area contributed by atoms with Gasteiger partial charge in [-0.3, -0.25) is 14.9 Å². The SMILES string of the molecule is CNc1cc(NCCC(=O)NCC(C)C)cc([N+](=O)[O-])c1. The van der Waals surface area contributed by atoms with E-state index in [9.17, 15) is 14.9 Å². The number of anilines is 2. The summed E-state index contributed by atoms with van der Waals surface area (Å²) in [6.45, 7) is 5.13. The first-order valence-electron chi connectivity index (χ1n) is 6.90. The molecule has 0 heterocycles. The van der Waals surface area contributed by atoms with Crippen LogP contribution in [0.2, 0.25) is 0 Å². The smallest absolute Gasteiger partial charge is 0.273 e. The number of non-ortho nitro benzene ring substituents is 1. The Morgan fingerprint density at radius 3 is 2.52 bits per heavy atom. The summed E-state index contributed by atoms with van der Waals surface area (Å²) in [5.74, 6) is 0.382. The summed E-state index contributed by atoms with van der Waals surface area (Å²) in [5, 5.41) is 19.6. The van der Waals surface area contributed by atoms with Gasteiger partial charge in [0.25, 0.3) is 5.69 Å². The second-order valence-corrected chi connectivity index (χ2v) is 5.15. The Labute approximate surface area is 124 Å². The number of nitrogens with one attached hydrogen (secondary N) is 3. The summed E-state index contributed by atoms with van der Waals surface area (Å²) >= 11 is 0. The Hall–Kier alpha value is -2.31. The van der Waals surface area contributed by atoms with Gasteiger partial charge in [0.05, 0.1) is 4.92 Å². The van der Waals surface area contributed by atoms with Crippen LogP contribution in [0.1, 0.15) is 20.3 Å².